The summed E-state index contributed by atoms with van der Waals surface area (Å²) in [6.07, 6.45) is -3.00. The first kappa shape index (κ1) is 51.4. The van der Waals surface area contributed by atoms with Crippen LogP contribution in [0.1, 0.15) is 60.8 Å². The molecule has 0 radical (unpaired) electrons. The molecule has 2 unspecified atom stereocenters. The summed E-state index contributed by atoms with van der Waals surface area (Å²) in [6.45, 7) is -0.516. The normalized spacial score (nSPS) is 15.4. The highest BCUT2D eigenvalue weighted by atomic mass is 16.6. The fourth-order valence-corrected chi connectivity index (χ4v) is 7.99. The zero-order valence-electron chi connectivity index (χ0n) is 37.4. The first-order valence-corrected chi connectivity index (χ1v) is 22.4. The lowest BCUT2D eigenvalue weighted by atomic mass is 9.89. The van der Waals surface area contributed by atoms with Crippen molar-refractivity contribution in [3.05, 3.63) is 144 Å². The summed E-state index contributed by atoms with van der Waals surface area (Å²) >= 11 is 0. The van der Waals surface area contributed by atoms with Crippen LogP contribution in [0, 0.1) is 11.8 Å². The zero-order valence-corrected chi connectivity index (χ0v) is 37.4. The van der Waals surface area contributed by atoms with Crippen LogP contribution >= 0.6 is 0 Å². The molecular weight excluding hydrogens is 879 g/mol. The van der Waals surface area contributed by atoms with Crippen molar-refractivity contribution >= 4 is 47.8 Å². The molecule has 6 atom stereocenters. The molecule has 0 aromatic heterocycles. The first-order valence-electron chi connectivity index (χ1n) is 22.4. The van der Waals surface area contributed by atoms with E-state index in [4.69, 9.17) is 15.2 Å². The van der Waals surface area contributed by atoms with E-state index in [1.807, 2.05) is 0 Å². The lowest BCUT2D eigenvalue weighted by Crippen LogP contribution is -2.61. The van der Waals surface area contributed by atoms with E-state index < -0.39 is 90.2 Å². The van der Waals surface area contributed by atoms with Crippen molar-refractivity contribution in [3.63, 3.8) is 0 Å². The number of ether oxygens (including phenoxy) is 2. The summed E-state index contributed by atoms with van der Waals surface area (Å²) in [5, 5.41) is 36.2. The van der Waals surface area contributed by atoms with Gasteiger partial charge in [0.05, 0.1) is 11.8 Å². The maximum Gasteiger partial charge on any atom is 0.420 e. The van der Waals surface area contributed by atoms with Gasteiger partial charge in [-0.25, -0.2) is 14.4 Å². The van der Waals surface area contributed by atoms with Crippen molar-refractivity contribution in [1.29, 1.82) is 0 Å². The average molecular weight is 936 g/mol. The number of rotatable bonds is 24. The van der Waals surface area contributed by atoms with Crippen LogP contribution in [0.3, 0.4) is 0 Å². The number of unbranched alkanes of at least 4 members (excludes halogenated alkanes) is 1. The van der Waals surface area contributed by atoms with Crippen molar-refractivity contribution in [2.75, 3.05) is 13.1 Å². The SMILES string of the molecule is NCCCC[C@@H](C(=O)N[C@@H](CC(Cc1ccccc1)C(=O)O)C(=O)N[C@H](C(=O)N1CCC[C@H]1C(=O)O)C(Cc1ccccc1)C(=O)O)N(C(=O)OCc1ccccc1)C(=O)OCc1ccccc1. The molecule has 4 aromatic carbocycles. The van der Waals surface area contributed by atoms with E-state index in [1.165, 1.54) is 0 Å². The molecule has 7 N–H and O–H groups in total. The Kier molecular flexibility index (Phi) is 19.6. The predicted octanol–water partition coefficient (Wildman–Crippen LogP) is 4.78. The Bertz CT molecular complexity index is 2270. The molecular formula is C50H57N5O13. The third-order valence-electron chi connectivity index (χ3n) is 11.6. The van der Waals surface area contributed by atoms with E-state index in [1.54, 1.807) is 121 Å². The van der Waals surface area contributed by atoms with E-state index in [2.05, 4.69) is 10.6 Å². The van der Waals surface area contributed by atoms with E-state index in [0.717, 1.165) is 4.90 Å². The number of hydrogen-bond donors (Lipinski definition) is 6. The number of hydrogen-bond acceptors (Lipinski definition) is 11. The molecule has 1 aliphatic heterocycles. The number of benzene rings is 4. The lowest BCUT2D eigenvalue weighted by molar-refractivity contribution is -0.153. The molecule has 5 rings (SSSR count). The van der Waals surface area contributed by atoms with Crippen molar-refractivity contribution in [1.82, 2.24) is 20.4 Å². The number of carboxylic acids is 3. The van der Waals surface area contributed by atoms with Crippen LogP contribution in [0.5, 0.6) is 0 Å². The number of amides is 5. The molecule has 1 saturated heterocycles. The van der Waals surface area contributed by atoms with Gasteiger partial charge >= 0.3 is 30.1 Å². The second-order valence-electron chi connectivity index (χ2n) is 16.4. The molecule has 0 spiro atoms. The molecule has 5 amide bonds. The van der Waals surface area contributed by atoms with Gasteiger partial charge in [-0.1, -0.05) is 121 Å². The zero-order chi connectivity index (χ0) is 49.0. The molecule has 4 aromatic rings. The average Bonchev–Trinajstić information content (AvgIpc) is 3.85. The van der Waals surface area contributed by atoms with Gasteiger partial charge in [0.1, 0.15) is 37.4 Å². The van der Waals surface area contributed by atoms with Gasteiger partial charge in [0, 0.05) is 6.54 Å². The molecule has 0 aliphatic carbocycles. The Morgan fingerprint density at radius 1 is 0.647 bits per heavy atom. The molecule has 18 nitrogen and oxygen atoms in total. The minimum atomic E-state index is -1.92. The second-order valence-corrected chi connectivity index (χ2v) is 16.4. The monoisotopic (exact) mass is 935 g/mol. The van der Waals surface area contributed by atoms with Gasteiger partial charge in [-0.2, -0.15) is 4.90 Å². The summed E-state index contributed by atoms with van der Waals surface area (Å²) < 4.78 is 11.1. The van der Waals surface area contributed by atoms with Crippen LogP contribution in [0.15, 0.2) is 121 Å². The van der Waals surface area contributed by atoms with E-state index >= 15 is 0 Å². The molecule has 1 heterocycles. The largest absolute Gasteiger partial charge is 0.481 e. The minimum absolute atomic E-state index is 0.0563. The third-order valence-corrected chi connectivity index (χ3v) is 11.6. The number of carbonyl (C=O) groups excluding carboxylic acids is 5. The maximum atomic E-state index is 14.8. The Labute approximate surface area is 393 Å². The fourth-order valence-electron chi connectivity index (χ4n) is 7.99. The van der Waals surface area contributed by atoms with Crippen LogP contribution in [-0.4, -0.2) is 110 Å². The summed E-state index contributed by atoms with van der Waals surface area (Å²) in [6, 6.07) is 26.8. The van der Waals surface area contributed by atoms with Crippen LogP contribution in [0.25, 0.3) is 0 Å². The molecule has 1 aliphatic rings. The molecule has 68 heavy (non-hydrogen) atoms. The van der Waals surface area contributed by atoms with Crippen molar-refractivity contribution in [2.24, 2.45) is 17.6 Å². The lowest BCUT2D eigenvalue weighted by Gasteiger charge is -2.33. The van der Waals surface area contributed by atoms with Crippen molar-refractivity contribution < 1.29 is 63.1 Å². The van der Waals surface area contributed by atoms with Gasteiger partial charge in [0.15, 0.2) is 0 Å². The molecule has 0 bridgehead atoms. The second kappa shape index (κ2) is 25.9. The first-order chi connectivity index (χ1) is 32.8. The number of nitrogens with zero attached hydrogens (tertiary/aromatic N) is 2. The smallest absolute Gasteiger partial charge is 0.420 e. The number of likely N-dealkylation sites (tertiary alicyclic amines) is 1. The minimum Gasteiger partial charge on any atom is -0.481 e. The van der Waals surface area contributed by atoms with Gasteiger partial charge in [-0.05, 0) is 80.2 Å². The Morgan fingerprint density at radius 3 is 1.62 bits per heavy atom. The highest BCUT2D eigenvalue weighted by molar-refractivity contribution is 5.99. The molecule has 18 heteroatoms. The quantitative estimate of drug-likeness (QED) is 0.0517. The standard InChI is InChI=1S/C50H57N5O13/c51-26-14-13-24-40(55(49(65)67-31-35-20-9-3-10-21-35)50(66)68-32-36-22-11-4-12-23-36)44(57)52-39(30-37(46(59)60)28-33-16-5-1-6-17-33)43(56)53-42(45(58)54-27-15-25-41(54)48(63)64)38(47(61)62)29-34-18-7-2-8-19-34/h1-12,16-23,37-42H,13-15,24-32,51H2,(H,52,57)(H,53,56)(H,59,60)(H,61,62)(H,63,64)/t37?,38?,39-,40-,41-,42-/m0/s1. The number of nitrogens with one attached hydrogen (secondary N) is 2. The number of carbonyl (C=O) groups is 8. The highest BCUT2D eigenvalue weighted by Gasteiger charge is 2.45. The fraction of sp³-hybridized carbons (Fsp3) is 0.360. The van der Waals surface area contributed by atoms with Crippen LogP contribution in [0.2, 0.25) is 0 Å². The number of imide groups is 1. The highest BCUT2D eigenvalue weighted by Crippen LogP contribution is 2.24. The topological polar surface area (TPSA) is 272 Å². The van der Waals surface area contributed by atoms with Crippen molar-refractivity contribution in [3.8, 4) is 0 Å². The summed E-state index contributed by atoms with van der Waals surface area (Å²) in [7, 11) is 0. The van der Waals surface area contributed by atoms with E-state index in [9.17, 15) is 53.7 Å². The van der Waals surface area contributed by atoms with Gasteiger partial charge in [-0.3, -0.25) is 24.0 Å². The van der Waals surface area contributed by atoms with Gasteiger partial charge in [0.2, 0.25) is 17.7 Å². The van der Waals surface area contributed by atoms with Crippen LogP contribution in [-0.2, 0) is 64.3 Å². The number of aliphatic carboxylic acids is 3. The number of carboxylic acid groups (broad SMARTS) is 3. The summed E-state index contributed by atoms with van der Waals surface area (Å²) in [4.78, 5) is 112. The molecule has 1 fully saturated rings. The predicted molar refractivity (Wildman–Crippen MR) is 245 cm³/mol. The van der Waals surface area contributed by atoms with Crippen molar-refractivity contribution in [2.45, 2.75) is 88.7 Å². The van der Waals surface area contributed by atoms with Gasteiger partial charge < -0.3 is 46.1 Å². The summed E-state index contributed by atoms with van der Waals surface area (Å²) in [5.74, 6) is -10.6. The Hall–Kier alpha value is -7.60. The van der Waals surface area contributed by atoms with E-state index in [0.29, 0.717) is 33.6 Å². The third kappa shape index (κ3) is 15.0. The molecule has 0 saturated carbocycles. The molecule has 360 valence electrons. The van der Waals surface area contributed by atoms with Gasteiger partial charge in [-0.15, -0.1) is 0 Å². The van der Waals surface area contributed by atoms with Gasteiger partial charge in [0.25, 0.3) is 0 Å². The van der Waals surface area contributed by atoms with Crippen LogP contribution < -0.4 is 16.4 Å². The summed E-state index contributed by atoms with van der Waals surface area (Å²) in [5.41, 5.74) is 7.94. The maximum absolute atomic E-state index is 14.8. The Balaban J connectivity index is 1.55. The Morgan fingerprint density at radius 2 is 1.15 bits per heavy atom. The van der Waals surface area contributed by atoms with Crippen LogP contribution in [0.4, 0.5) is 9.59 Å². The van der Waals surface area contributed by atoms with E-state index in [-0.39, 0.29) is 64.8 Å². The number of nitrogens with two attached hydrogens (primary N) is 1.